The van der Waals surface area contributed by atoms with E-state index in [1.54, 1.807) is 42.5 Å². The van der Waals surface area contributed by atoms with Crippen LogP contribution in [0.25, 0.3) is 11.4 Å². The third kappa shape index (κ3) is 4.73. The van der Waals surface area contributed by atoms with Crippen molar-refractivity contribution < 1.29 is 10.2 Å². The minimum Gasteiger partial charge on any atom is -0.494 e. The summed E-state index contributed by atoms with van der Waals surface area (Å²) in [6.07, 6.45) is 1.49. The second kappa shape index (κ2) is 10.3. The number of aromatic amines is 2. The van der Waals surface area contributed by atoms with Crippen LogP contribution in [0.3, 0.4) is 0 Å². The summed E-state index contributed by atoms with van der Waals surface area (Å²) in [5, 5.41) is 23.1. The molecule has 4 N–H and O–H groups in total. The summed E-state index contributed by atoms with van der Waals surface area (Å²) >= 11 is 10.8. The first-order valence-electron chi connectivity index (χ1n) is 11.9. The molecule has 0 saturated heterocycles. The Morgan fingerprint density at radius 1 is 0.718 bits per heavy atom. The summed E-state index contributed by atoms with van der Waals surface area (Å²) in [4.78, 5) is 36.4. The van der Waals surface area contributed by atoms with Crippen LogP contribution in [0.5, 0.6) is 11.8 Å². The molecule has 0 radical (unpaired) electrons. The molecule has 0 aliphatic rings. The molecule has 3 aromatic heterocycles. The van der Waals surface area contributed by atoms with Crippen molar-refractivity contribution in [1.29, 1.82) is 0 Å². The van der Waals surface area contributed by atoms with Crippen LogP contribution >= 0.6 is 24.4 Å². The summed E-state index contributed by atoms with van der Waals surface area (Å²) in [6, 6.07) is 19.2. The smallest absolute Gasteiger partial charge is 0.259 e. The largest absolute Gasteiger partial charge is 0.494 e. The third-order valence-corrected chi connectivity index (χ3v) is 6.96. The number of hydrogen-bond donors (Lipinski definition) is 4. The van der Waals surface area contributed by atoms with E-state index in [9.17, 15) is 19.8 Å². The molecule has 0 atom stereocenters. The molecular weight excluding hydrogens is 534 g/mol. The van der Waals surface area contributed by atoms with Gasteiger partial charge in [0.05, 0.1) is 34.1 Å². The first-order valence-corrected chi connectivity index (χ1v) is 12.7. The number of aromatic hydroxyl groups is 2. The number of pyridine rings is 1. The zero-order valence-electron chi connectivity index (χ0n) is 20.9. The van der Waals surface area contributed by atoms with E-state index >= 15 is 0 Å². The highest BCUT2D eigenvalue weighted by Crippen LogP contribution is 2.37. The quantitative estimate of drug-likeness (QED) is 0.231. The number of rotatable bonds is 5. The van der Waals surface area contributed by atoms with Crippen LogP contribution < -0.4 is 11.1 Å². The zero-order chi connectivity index (χ0) is 27.8. The van der Waals surface area contributed by atoms with Crippen molar-refractivity contribution in [3.05, 3.63) is 131 Å². The molecule has 0 saturated carbocycles. The molecule has 0 unspecified atom stereocenters. The van der Waals surface area contributed by atoms with Crippen molar-refractivity contribution in [2.24, 2.45) is 0 Å². The average molecular weight is 558 g/mol. The summed E-state index contributed by atoms with van der Waals surface area (Å²) in [5.41, 5.74) is 1.28. The summed E-state index contributed by atoms with van der Waals surface area (Å²) in [5.74, 6) is -2.28. The lowest BCUT2D eigenvalue weighted by Crippen LogP contribution is -2.28. The van der Waals surface area contributed by atoms with Gasteiger partial charge in [-0.25, -0.2) is 0 Å². The van der Waals surface area contributed by atoms with E-state index in [1.807, 2.05) is 38.1 Å². The molecule has 0 aliphatic carbocycles. The van der Waals surface area contributed by atoms with Gasteiger partial charge in [0.25, 0.3) is 11.1 Å². The number of nitrogens with zero attached hydrogens (tertiary/aromatic N) is 3. The van der Waals surface area contributed by atoms with Crippen LogP contribution in [0.2, 0.25) is 0 Å². The Balaban J connectivity index is 1.87. The van der Waals surface area contributed by atoms with Gasteiger partial charge in [-0.1, -0.05) is 41.5 Å². The molecule has 196 valence electrons. The molecule has 0 spiro atoms. The van der Waals surface area contributed by atoms with Gasteiger partial charge in [-0.2, -0.15) is 0 Å². The van der Waals surface area contributed by atoms with Crippen molar-refractivity contribution in [2.75, 3.05) is 0 Å². The predicted molar refractivity (Wildman–Crippen MR) is 152 cm³/mol. The Hall–Kier alpha value is -4.61. The highest BCUT2D eigenvalue weighted by Gasteiger charge is 2.33. The predicted octanol–water partition coefficient (Wildman–Crippen LogP) is 4.71. The van der Waals surface area contributed by atoms with Gasteiger partial charge < -0.3 is 10.2 Å². The van der Waals surface area contributed by atoms with Gasteiger partial charge in [0.1, 0.15) is 0 Å². The van der Waals surface area contributed by atoms with E-state index in [0.717, 1.165) is 11.1 Å². The van der Waals surface area contributed by atoms with Gasteiger partial charge in [-0.05, 0) is 74.7 Å². The van der Waals surface area contributed by atoms with Crippen molar-refractivity contribution in [3.63, 3.8) is 0 Å². The SMILES string of the molecule is Cc1ccc(-n2c(O)c(C(c3ccccn3)c3c(O)n(-c4ccc(C)cc4)c(=S)[nH]c3=O)c(=O)[nH]c2=S)cc1. The van der Waals surface area contributed by atoms with Crippen molar-refractivity contribution >= 4 is 24.4 Å². The van der Waals surface area contributed by atoms with Crippen molar-refractivity contribution in [2.45, 2.75) is 19.8 Å². The number of H-pyrrole nitrogens is 2. The van der Waals surface area contributed by atoms with Crippen LogP contribution in [-0.2, 0) is 0 Å². The molecule has 3 heterocycles. The number of benzene rings is 2. The molecule has 0 aliphatic heterocycles. The Bertz CT molecular complexity index is 1800. The standard InChI is InChI=1S/C28H23N5O4S2/c1-15-6-10-17(11-7-15)32-25(36)21(23(34)30-27(32)38)20(19-5-3-4-14-29-19)22-24(35)31-28(39)33(26(22)37)18-12-8-16(2)9-13-18/h3-14,20,36-37H,1-2H3,(H,30,34,38)(H,31,35,39). The minimum atomic E-state index is -1.29. The maximum absolute atomic E-state index is 13.4. The van der Waals surface area contributed by atoms with E-state index in [0.29, 0.717) is 11.4 Å². The number of aromatic nitrogens is 5. The lowest BCUT2D eigenvalue weighted by molar-refractivity contribution is 0.413. The van der Waals surface area contributed by atoms with E-state index < -0.39 is 28.8 Å². The van der Waals surface area contributed by atoms with Crippen LogP contribution in [0.4, 0.5) is 0 Å². The van der Waals surface area contributed by atoms with Crippen LogP contribution in [-0.4, -0.2) is 34.3 Å². The molecule has 11 heteroatoms. The van der Waals surface area contributed by atoms with Gasteiger partial charge in [0.2, 0.25) is 11.8 Å². The van der Waals surface area contributed by atoms with E-state index in [4.69, 9.17) is 24.4 Å². The Labute approximate surface area is 232 Å². The average Bonchev–Trinajstić information content (AvgIpc) is 2.90. The first-order chi connectivity index (χ1) is 18.7. The molecule has 2 aromatic carbocycles. The van der Waals surface area contributed by atoms with Gasteiger partial charge >= 0.3 is 0 Å². The summed E-state index contributed by atoms with van der Waals surface area (Å²) in [7, 11) is 0. The molecule has 5 rings (SSSR count). The van der Waals surface area contributed by atoms with Crippen LogP contribution in [0.1, 0.15) is 33.9 Å². The van der Waals surface area contributed by atoms with Crippen LogP contribution in [0.15, 0.2) is 82.5 Å². The maximum Gasteiger partial charge on any atom is 0.259 e. The Morgan fingerprint density at radius 3 is 1.54 bits per heavy atom. The minimum absolute atomic E-state index is 0.0429. The van der Waals surface area contributed by atoms with Gasteiger partial charge in [-0.15, -0.1) is 0 Å². The number of nitrogens with one attached hydrogen (secondary N) is 2. The Kier molecular flexibility index (Phi) is 6.85. The zero-order valence-corrected chi connectivity index (χ0v) is 22.5. The van der Waals surface area contributed by atoms with Crippen molar-refractivity contribution in [3.8, 4) is 23.1 Å². The molecule has 9 nitrogen and oxygen atoms in total. The molecular formula is C28H23N5O4S2. The second-order valence-electron chi connectivity index (χ2n) is 9.02. The normalized spacial score (nSPS) is 11.2. The number of hydrogen-bond acceptors (Lipinski definition) is 7. The second-order valence-corrected chi connectivity index (χ2v) is 9.80. The van der Waals surface area contributed by atoms with Gasteiger partial charge in [0, 0.05) is 6.20 Å². The fourth-order valence-corrected chi connectivity index (χ4v) is 5.02. The molecule has 0 fully saturated rings. The van der Waals surface area contributed by atoms with Gasteiger partial charge in [-0.3, -0.25) is 33.7 Å². The van der Waals surface area contributed by atoms with E-state index in [1.165, 1.54) is 15.3 Å². The topological polar surface area (TPSA) is 129 Å². The highest BCUT2D eigenvalue weighted by atomic mass is 32.1. The first kappa shape index (κ1) is 26.0. The molecule has 5 aromatic rings. The van der Waals surface area contributed by atoms with E-state index in [-0.39, 0.29) is 26.4 Å². The monoisotopic (exact) mass is 557 g/mol. The lowest BCUT2D eigenvalue weighted by Gasteiger charge is -2.22. The fraction of sp³-hybridized carbons (Fsp3) is 0.107. The molecule has 39 heavy (non-hydrogen) atoms. The van der Waals surface area contributed by atoms with Crippen molar-refractivity contribution in [1.82, 2.24) is 24.1 Å². The van der Waals surface area contributed by atoms with Gasteiger partial charge in [0.15, 0.2) is 9.54 Å². The number of aryl methyl sites for hydroxylation is 2. The van der Waals surface area contributed by atoms with E-state index in [2.05, 4.69) is 15.0 Å². The Morgan fingerprint density at radius 2 is 1.15 bits per heavy atom. The van der Waals surface area contributed by atoms with Crippen LogP contribution in [0, 0.1) is 23.4 Å². The summed E-state index contributed by atoms with van der Waals surface area (Å²) < 4.78 is 2.50. The maximum atomic E-state index is 13.4. The molecule has 0 amide bonds. The lowest BCUT2D eigenvalue weighted by atomic mass is 9.90. The third-order valence-electron chi connectivity index (χ3n) is 6.39. The fourth-order valence-electron chi connectivity index (χ4n) is 4.45. The summed E-state index contributed by atoms with van der Waals surface area (Å²) in [6.45, 7) is 3.83. The highest BCUT2D eigenvalue weighted by molar-refractivity contribution is 7.71. The molecule has 0 bridgehead atoms.